The molecule has 22 heavy (non-hydrogen) atoms. The van der Waals surface area contributed by atoms with Gasteiger partial charge in [0.15, 0.2) is 0 Å². The molecule has 0 N–H and O–H groups in total. The van der Waals surface area contributed by atoms with Crippen LogP contribution in [0.25, 0.3) is 0 Å². The molecule has 1 amide bonds. The van der Waals surface area contributed by atoms with Gasteiger partial charge in [-0.3, -0.25) is 9.59 Å². The Morgan fingerprint density at radius 1 is 1.18 bits per heavy atom. The van der Waals surface area contributed by atoms with Crippen LogP contribution in [0, 0.1) is 5.82 Å². The Morgan fingerprint density at radius 2 is 1.86 bits per heavy atom. The summed E-state index contributed by atoms with van der Waals surface area (Å²) in [5.41, 5.74) is 0.694. The Bertz CT molecular complexity index is 757. The highest BCUT2D eigenvalue weighted by Gasteiger charge is 2.50. The van der Waals surface area contributed by atoms with E-state index in [0.717, 1.165) is 5.56 Å². The van der Waals surface area contributed by atoms with E-state index in [1.54, 1.807) is 17.9 Å². The first-order valence-corrected chi connectivity index (χ1v) is 7.11. The van der Waals surface area contributed by atoms with Gasteiger partial charge in [-0.2, -0.15) is 0 Å². The summed E-state index contributed by atoms with van der Waals surface area (Å²) < 4.78 is 13.6. The minimum Gasteiger partial charge on any atom is -0.307 e. The number of hydrogen-bond donors (Lipinski definition) is 0. The summed E-state index contributed by atoms with van der Waals surface area (Å²) in [7, 11) is 0. The Kier molecular flexibility index (Phi) is 3.32. The number of carbonyl (C=O) groups is 2. The Hall–Kier alpha value is -2.49. The lowest BCUT2D eigenvalue weighted by Gasteiger charge is -2.21. The summed E-state index contributed by atoms with van der Waals surface area (Å²) in [4.78, 5) is 26.5. The molecule has 2 aromatic carbocycles. The number of halogens is 1. The number of anilines is 1. The van der Waals surface area contributed by atoms with E-state index >= 15 is 0 Å². The van der Waals surface area contributed by atoms with Crippen molar-refractivity contribution < 1.29 is 14.0 Å². The summed E-state index contributed by atoms with van der Waals surface area (Å²) in [5, 5.41) is 0. The molecule has 0 aliphatic carbocycles. The maximum Gasteiger partial charge on any atom is 0.245 e. The third-order valence-electron chi connectivity index (χ3n) is 4.35. The molecule has 0 fully saturated rings. The van der Waals surface area contributed by atoms with Crippen LogP contribution in [0.1, 0.15) is 25.0 Å². The van der Waals surface area contributed by atoms with Crippen molar-refractivity contribution in [2.45, 2.75) is 25.8 Å². The van der Waals surface area contributed by atoms with E-state index in [0.29, 0.717) is 17.8 Å². The summed E-state index contributed by atoms with van der Waals surface area (Å²) in [6.07, 6.45) is 0. The zero-order chi connectivity index (χ0) is 15.9. The predicted octanol–water partition coefficient (Wildman–Crippen LogP) is 3.22. The number of benzene rings is 2. The van der Waals surface area contributed by atoms with Crippen LogP contribution >= 0.6 is 0 Å². The molecule has 0 spiro atoms. The molecule has 3 rings (SSSR count). The number of hydrogen-bond acceptors (Lipinski definition) is 2. The second-order valence-corrected chi connectivity index (χ2v) is 5.72. The van der Waals surface area contributed by atoms with E-state index in [4.69, 9.17) is 0 Å². The second-order valence-electron chi connectivity index (χ2n) is 5.72. The van der Waals surface area contributed by atoms with Crippen molar-refractivity contribution in [3.63, 3.8) is 0 Å². The summed E-state index contributed by atoms with van der Waals surface area (Å²) in [5.74, 6) is -1.02. The SMILES string of the molecule is CC(=O)C1(C)C(=O)N(Cc2ccccc2)c2ccc(F)cc21. The molecule has 0 saturated carbocycles. The number of carbonyl (C=O) groups excluding carboxylic acids is 2. The second kappa shape index (κ2) is 5.05. The first-order valence-electron chi connectivity index (χ1n) is 7.11. The summed E-state index contributed by atoms with van der Waals surface area (Å²) in [6, 6.07) is 13.7. The molecule has 1 atom stereocenters. The molecular weight excluding hydrogens is 281 g/mol. The molecule has 0 bridgehead atoms. The van der Waals surface area contributed by atoms with E-state index in [1.807, 2.05) is 30.3 Å². The van der Waals surface area contributed by atoms with Crippen LogP contribution in [-0.2, 0) is 21.5 Å². The molecular formula is C18H16FNO2. The molecule has 4 heteroatoms. The van der Waals surface area contributed by atoms with Crippen molar-refractivity contribution in [2.24, 2.45) is 0 Å². The van der Waals surface area contributed by atoms with Crippen molar-refractivity contribution in [2.75, 3.05) is 4.90 Å². The highest BCUT2D eigenvalue weighted by atomic mass is 19.1. The van der Waals surface area contributed by atoms with Gasteiger partial charge in [0.1, 0.15) is 17.0 Å². The first kappa shape index (κ1) is 14.4. The van der Waals surface area contributed by atoms with Crippen molar-refractivity contribution in [3.8, 4) is 0 Å². The van der Waals surface area contributed by atoms with Gasteiger partial charge in [0.05, 0.1) is 6.54 Å². The molecule has 0 aromatic heterocycles. The lowest BCUT2D eigenvalue weighted by molar-refractivity contribution is -0.132. The van der Waals surface area contributed by atoms with Crippen LogP contribution in [0.3, 0.4) is 0 Å². The average molecular weight is 297 g/mol. The van der Waals surface area contributed by atoms with Gasteiger partial charge in [-0.1, -0.05) is 30.3 Å². The highest BCUT2D eigenvalue weighted by Crippen LogP contribution is 2.43. The summed E-state index contributed by atoms with van der Waals surface area (Å²) >= 11 is 0. The Balaban J connectivity index is 2.10. The van der Waals surface area contributed by atoms with Gasteiger partial charge in [0, 0.05) is 11.3 Å². The van der Waals surface area contributed by atoms with Crippen LogP contribution < -0.4 is 4.90 Å². The zero-order valence-corrected chi connectivity index (χ0v) is 12.5. The van der Waals surface area contributed by atoms with Gasteiger partial charge in [-0.25, -0.2) is 4.39 Å². The van der Waals surface area contributed by atoms with Crippen LogP contribution in [0.5, 0.6) is 0 Å². The number of fused-ring (bicyclic) bond motifs is 1. The lowest BCUT2D eigenvalue weighted by Crippen LogP contribution is -2.42. The summed E-state index contributed by atoms with van der Waals surface area (Å²) in [6.45, 7) is 3.31. The topological polar surface area (TPSA) is 37.4 Å². The van der Waals surface area contributed by atoms with E-state index in [9.17, 15) is 14.0 Å². The number of ketones is 1. The van der Waals surface area contributed by atoms with Gasteiger partial charge >= 0.3 is 0 Å². The fraction of sp³-hybridized carbons (Fsp3) is 0.222. The first-order chi connectivity index (χ1) is 10.4. The standard InChI is InChI=1S/C18H16FNO2/c1-12(21)18(2)15-10-14(19)8-9-16(15)20(17(18)22)11-13-6-4-3-5-7-13/h3-10H,11H2,1-2H3. The van der Waals surface area contributed by atoms with Gasteiger partial charge < -0.3 is 4.90 Å². The van der Waals surface area contributed by atoms with Crippen LogP contribution in [-0.4, -0.2) is 11.7 Å². The molecule has 0 saturated heterocycles. The van der Waals surface area contributed by atoms with E-state index in [-0.39, 0.29) is 11.7 Å². The Morgan fingerprint density at radius 3 is 2.50 bits per heavy atom. The van der Waals surface area contributed by atoms with E-state index in [2.05, 4.69) is 0 Å². The van der Waals surface area contributed by atoms with Crippen LogP contribution in [0.15, 0.2) is 48.5 Å². The average Bonchev–Trinajstić information content (AvgIpc) is 2.71. The van der Waals surface area contributed by atoms with Gasteiger partial charge in [0.2, 0.25) is 5.91 Å². The number of nitrogens with zero attached hydrogens (tertiary/aromatic N) is 1. The molecule has 1 unspecified atom stereocenters. The van der Waals surface area contributed by atoms with Gasteiger partial charge in [-0.15, -0.1) is 0 Å². The molecule has 1 aliphatic heterocycles. The third-order valence-corrected chi connectivity index (χ3v) is 4.35. The fourth-order valence-corrected chi connectivity index (χ4v) is 2.90. The van der Waals surface area contributed by atoms with Crippen LogP contribution in [0.2, 0.25) is 0 Å². The highest BCUT2D eigenvalue weighted by molar-refractivity contribution is 6.21. The smallest absolute Gasteiger partial charge is 0.245 e. The van der Waals surface area contributed by atoms with E-state index in [1.165, 1.54) is 19.1 Å². The van der Waals surface area contributed by atoms with Crippen molar-refractivity contribution >= 4 is 17.4 Å². The molecule has 3 nitrogen and oxygen atoms in total. The molecule has 0 radical (unpaired) electrons. The van der Waals surface area contributed by atoms with Crippen molar-refractivity contribution in [3.05, 3.63) is 65.5 Å². The van der Waals surface area contributed by atoms with Crippen LogP contribution in [0.4, 0.5) is 10.1 Å². The monoisotopic (exact) mass is 297 g/mol. The fourth-order valence-electron chi connectivity index (χ4n) is 2.90. The number of Topliss-reactive ketones (excluding diaryl/α,β-unsaturated/α-hetero) is 1. The molecule has 2 aromatic rings. The third kappa shape index (κ3) is 2.03. The van der Waals surface area contributed by atoms with Gasteiger partial charge in [-0.05, 0) is 37.6 Å². The lowest BCUT2D eigenvalue weighted by atomic mass is 9.80. The maximum atomic E-state index is 13.6. The number of rotatable bonds is 3. The number of amides is 1. The quantitative estimate of drug-likeness (QED) is 0.816. The van der Waals surface area contributed by atoms with E-state index < -0.39 is 11.2 Å². The van der Waals surface area contributed by atoms with Gasteiger partial charge in [0.25, 0.3) is 0 Å². The predicted molar refractivity (Wildman–Crippen MR) is 82.1 cm³/mol. The van der Waals surface area contributed by atoms with Crippen molar-refractivity contribution in [1.29, 1.82) is 0 Å². The molecule has 112 valence electrons. The normalized spacial score (nSPS) is 20.1. The Labute approximate surface area is 128 Å². The molecule has 1 heterocycles. The molecule has 1 aliphatic rings. The zero-order valence-electron chi connectivity index (χ0n) is 12.5. The maximum absolute atomic E-state index is 13.6. The minimum atomic E-state index is -1.31. The largest absolute Gasteiger partial charge is 0.307 e. The minimum absolute atomic E-state index is 0.278. The van der Waals surface area contributed by atoms with Crippen molar-refractivity contribution in [1.82, 2.24) is 0 Å².